The van der Waals surface area contributed by atoms with E-state index in [1.54, 1.807) is 0 Å². The van der Waals surface area contributed by atoms with E-state index >= 15 is 0 Å². The Morgan fingerprint density at radius 1 is 1.50 bits per heavy atom. The number of nitrogens with one attached hydrogen (secondary N) is 1. The summed E-state index contributed by atoms with van der Waals surface area (Å²) in [6, 6.07) is 0.611. The lowest BCUT2D eigenvalue weighted by atomic mass is 10.3. The minimum atomic E-state index is 0.611. The average molecular weight is 224 g/mol. The van der Waals surface area contributed by atoms with E-state index in [1.807, 2.05) is 12.4 Å². The number of imidazole rings is 1. The summed E-state index contributed by atoms with van der Waals surface area (Å²) in [6.07, 6.45) is 3.89. The quantitative estimate of drug-likeness (QED) is 0.709. The van der Waals surface area contributed by atoms with Crippen LogP contribution in [0.4, 0.5) is 0 Å². The normalized spacial score (nSPS) is 11.6. The Morgan fingerprint density at radius 2 is 2.25 bits per heavy atom. The third-order valence-corrected chi connectivity index (χ3v) is 2.95. The highest BCUT2D eigenvalue weighted by Crippen LogP contribution is 1.96. The number of aryl methyl sites for hydroxylation is 1. The number of nitrogens with zero attached hydrogens (tertiary/aromatic N) is 3. The van der Waals surface area contributed by atoms with Gasteiger partial charge in [-0.2, -0.15) is 0 Å². The van der Waals surface area contributed by atoms with E-state index in [9.17, 15) is 0 Å². The Morgan fingerprint density at radius 3 is 2.88 bits per heavy atom. The van der Waals surface area contributed by atoms with Crippen LogP contribution in [0, 0.1) is 0 Å². The molecule has 0 atom stereocenters. The van der Waals surface area contributed by atoms with Crippen LogP contribution in [0.2, 0.25) is 0 Å². The Kier molecular flexibility index (Phi) is 5.49. The van der Waals surface area contributed by atoms with Crippen LogP contribution >= 0.6 is 0 Å². The molecular formula is C12H24N4. The van der Waals surface area contributed by atoms with Gasteiger partial charge in [-0.05, 0) is 27.8 Å². The molecule has 0 bridgehead atoms. The summed E-state index contributed by atoms with van der Waals surface area (Å²) in [5.74, 6) is 1.12. The number of likely N-dealkylation sites (N-methyl/N-ethyl adjacent to an activating group) is 1. The first-order valence-corrected chi connectivity index (χ1v) is 6.06. The smallest absolute Gasteiger partial charge is 0.122 e. The van der Waals surface area contributed by atoms with Crippen molar-refractivity contribution < 1.29 is 0 Å². The molecule has 0 saturated heterocycles. The molecule has 0 saturated carbocycles. The van der Waals surface area contributed by atoms with E-state index in [0.29, 0.717) is 6.04 Å². The lowest BCUT2D eigenvalue weighted by molar-refractivity contribution is 0.273. The van der Waals surface area contributed by atoms with Gasteiger partial charge < -0.3 is 14.8 Å². The molecule has 1 aromatic rings. The fraction of sp³-hybridized carbons (Fsp3) is 0.750. The molecule has 4 nitrogen and oxygen atoms in total. The molecule has 0 amide bonds. The number of hydrogen-bond acceptors (Lipinski definition) is 3. The number of aromatic nitrogens is 2. The maximum absolute atomic E-state index is 4.33. The van der Waals surface area contributed by atoms with Crippen LogP contribution in [-0.4, -0.2) is 40.6 Å². The minimum absolute atomic E-state index is 0.611. The van der Waals surface area contributed by atoms with Crippen LogP contribution in [0.1, 0.15) is 26.6 Å². The first kappa shape index (κ1) is 13.2. The Balaban J connectivity index is 2.21. The van der Waals surface area contributed by atoms with Gasteiger partial charge in [-0.25, -0.2) is 4.98 Å². The molecule has 0 aliphatic rings. The van der Waals surface area contributed by atoms with Crippen molar-refractivity contribution >= 4 is 0 Å². The maximum atomic E-state index is 4.33. The lowest BCUT2D eigenvalue weighted by Gasteiger charge is -2.20. The molecule has 1 heterocycles. The fourth-order valence-electron chi connectivity index (χ4n) is 1.51. The van der Waals surface area contributed by atoms with Crippen molar-refractivity contribution in [1.82, 2.24) is 19.8 Å². The molecule has 92 valence electrons. The van der Waals surface area contributed by atoms with Crippen LogP contribution in [-0.2, 0) is 13.1 Å². The highest BCUT2D eigenvalue weighted by atomic mass is 15.1. The molecule has 0 aliphatic carbocycles. The summed E-state index contributed by atoms with van der Waals surface area (Å²) in [4.78, 5) is 6.66. The molecule has 1 N–H and O–H groups in total. The van der Waals surface area contributed by atoms with Gasteiger partial charge in [0.1, 0.15) is 5.82 Å². The number of rotatable bonds is 7. The van der Waals surface area contributed by atoms with Gasteiger partial charge in [-0.15, -0.1) is 0 Å². The van der Waals surface area contributed by atoms with Gasteiger partial charge in [0.2, 0.25) is 0 Å². The fourth-order valence-corrected chi connectivity index (χ4v) is 1.51. The molecule has 0 unspecified atom stereocenters. The minimum Gasteiger partial charge on any atom is -0.334 e. The molecular weight excluding hydrogens is 200 g/mol. The summed E-state index contributed by atoms with van der Waals surface area (Å²) in [6.45, 7) is 10.5. The molecule has 0 fully saturated rings. The van der Waals surface area contributed by atoms with Crippen LogP contribution in [0.5, 0.6) is 0 Å². The topological polar surface area (TPSA) is 33.1 Å². The van der Waals surface area contributed by atoms with Crippen molar-refractivity contribution in [2.45, 2.75) is 39.9 Å². The predicted molar refractivity (Wildman–Crippen MR) is 67.4 cm³/mol. The van der Waals surface area contributed by atoms with E-state index in [4.69, 9.17) is 0 Å². The summed E-state index contributed by atoms with van der Waals surface area (Å²) in [5, 5.41) is 3.42. The van der Waals surface area contributed by atoms with E-state index in [2.05, 4.69) is 47.6 Å². The van der Waals surface area contributed by atoms with E-state index in [0.717, 1.165) is 32.0 Å². The van der Waals surface area contributed by atoms with Crippen molar-refractivity contribution in [3.8, 4) is 0 Å². The van der Waals surface area contributed by atoms with Gasteiger partial charge >= 0.3 is 0 Å². The molecule has 0 aliphatic heterocycles. The SMILES string of the molecule is CCn1ccnc1CNCCN(C)C(C)C. The van der Waals surface area contributed by atoms with Crippen molar-refractivity contribution in [3.05, 3.63) is 18.2 Å². The zero-order valence-corrected chi connectivity index (χ0v) is 10.9. The number of hydrogen-bond donors (Lipinski definition) is 1. The monoisotopic (exact) mass is 224 g/mol. The van der Waals surface area contributed by atoms with Gasteiger partial charge in [-0.1, -0.05) is 0 Å². The first-order valence-electron chi connectivity index (χ1n) is 6.06. The molecule has 0 spiro atoms. The zero-order valence-electron chi connectivity index (χ0n) is 10.9. The van der Waals surface area contributed by atoms with Crippen molar-refractivity contribution in [2.24, 2.45) is 0 Å². The van der Waals surface area contributed by atoms with Crippen LogP contribution in [0.3, 0.4) is 0 Å². The molecule has 4 heteroatoms. The Labute approximate surface area is 98.7 Å². The van der Waals surface area contributed by atoms with Gasteiger partial charge in [0.05, 0.1) is 6.54 Å². The van der Waals surface area contributed by atoms with E-state index in [1.165, 1.54) is 0 Å². The van der Waals surface area contributed by atoms with Crippen LogP contribution < -0.4 is 5.32 Å². The van der Waals surface area contributed by atoms with Crippen LogP contribution in [0.15, 0.2) is 12.4 Å². The molecule has 1 rings (SSSR count). The average Bonchev–Trinajstić information content (AvgIpc) is 2.71. The third-order valence-electron chi connectivity index (χ3n) is 2.95. The largest absolute Gasteiger partial charge is 0.334 e. The Bertz CT molecular complexity index is 293. The maximum Gasteiger partial charge on any atom is 0.122 e. The summed E-state index contributed by atoms with van der Waals surface area (Å²) in [5.41, 5.74) is 0. The highest BCUT2D eigenvalue weighted by Gasteiger charge is 2.03. The lowest BCUT2D eigenvalue weighted by Crippen LogP contribution is -2.33. The van der Waals surface area contributed by atoms with Gasteiger partial charge in [-0.3, -0.25) is 0 Å². The second kappa shape index (κ2) is 6.66. The van der Waals surface area contributed by atoms with Crippen molar-refractivity contribution in [3.63, 3.8) is 0 Å². The van der Waals surface area contributed by atoms with E-state index in [-0.39, 0.29) is 0 Å². The summed E-state index contributed by atoms with van der Waals surface area (Å²) >= 11 is 0. The van der Waals surface area contributed by atoms with Gasteiger partial charge in [0, 0.05) is 38.1 Å². The molecule has 16 heavy (non-hydrogen) atoms. The summed E-state index contributed by atoms with van der Waals surface area (Å²) in [7, 11) is 2.15. The summed E-state index contributed by atoms with van der Waals surface area (Å²) < 4.78 is 2.17. The zero-order chi connectivity index (χ0) is 12.0. The standard InChI is InChI=1S/C12H24N4/c1-5-16-9-7-14-12(16)10-13-6-8-15(4)11(2)3/h7,9,11,13H,5-6,8,10H2,1-4H3. The molecule has 0 aromatic carbocycles. The second-order valence-electron chi connectivity index (χ2n) is 4.38. The van der Waals surface area contributed by atoms with Crippen molar-refractivity contribution in [2.75, 3.05) is 20.1 Å². The highest BCUT2D eigenvalue weighted by molar-refractivity contribution is 4.91. The van der Waals surface area contributed by atoms with Gasteiger partial charge in [0.25, 0.3) is 0 Å². The Hall–Kier alpha value is -0.870. The van der Waals surface area contributed by atoms with E-state index < -0.39 is 0 Å². The van der Waals surface area contributed by atoms with Crippen LogP contribution in [0.25, 0.3) is 0 Å². The third kappa shape index (κ3) is 3.94. The predicted octanol–water partition coefficient (Wildman–Crippen LogP) is 1.33. The molecule has 1 aromatic heterocycles. The molecule has 0 radical (unpaired) electrons. The van der Waals surface area contributed by atoms with Gasteiger partial charge in [0.15, 0.2) is 0 Å². The first-order chi connectivity index (χ1) is 7.65. The second-order valence-corrected chi connectivity index (χ2v) is 4.38. The van der Waals surface area contributed by atoms with Crippen molar-refractivity contribution in [1.29, 1.82) is 0 Å².